The molecule has 0 radical (unpaired) electrons. The van der Waals surface area contributed by atoms with Crippen molar-refractivity contribution >= 4 is 23.3 Å². The molecule has 0 atom stereocenters. The van der Waals surface area contributed by atoms with Crippen LogP contribution >= 0.6 is 11.6 Å². The molecule has 2 N–H and O–H groups in total. The molecule has 1 aromatic carbocycles. The van der Waals surface area contributed by atoms with Gasteiger partial charge in [-0.25, -0.2) is 4.79 Å². The number of aryl methyl sites for hydroxylation is 2. The summed E-state index contributed by atoms with van der Waals surface area (Å²) >= 11 is 6.11. The van der Waals surface area contributed by atoms with Gasteiger partial charge in [-0.15, -0.1) is 0 Å². The van der Waals surface area contributed by atoms with Crippen molar-refractivity contribution in [2.24, 2.45) is 7.05 Å². The molecule has 0 unspecified atom stereocenters. The SMILES string of the molecule is COc1ccc(N)cc1C(=O)OCc1c(Cl)c(C)nn1C. The van der Waals surface area contributed by atoms with Crippen LogP contribution in [0.2, 0.25) is 5.02 Å². The zero-order chi connectivity index (χ0) is 15.6. The predicted molar refractivity (Wildman–Crippen MR) is 79.5 cm³/mol. The largest absolute Gasteiger partial charge is 0.496 e. The number of hydrogen-bond acceptors (Lipinski definition) is 5. The fraction of sp³-hybridized carbons (Fsp3) is 0.286. The van der Waals surface area contributed by atoms with Gasteiger partial charge in [0.2, 0.25) is 0 Å². The van der Waals surface area contributed by atoms with Gasteiger partial charge >= 0.3 is 5.97 Å². The number of anilines is 1. The van der Waals surface area contributed by atoms with Crippen LogP contribution in [0.5, 0.6) is 5.75 Å². The molecule has 0 bridgehead atoms. The molecular weight excluding hydrogens is 294 g/mol. The summed E-state index contributed by atoms with van der Waals surface area (Å²) < 4.78 is 12.0. The molecule has 0 fully saturated rings. The number of aromatic nitrogens is 2. The first kappa shape index (κ1) is 15.2. The molecule has 112 valence electrons. The summed E-state index contributed by atoms with van der Waals surface area (Å²) in [4.78, 5) is 12.1. The van der Waals surface area contributed by atoms with Crippen LogP contribution in [0.4, 0.5) is 5.69 Å². The van der Waals surface area contributed by atoms with Gasteiger partial charge in [0, 0.05) is 12.7 Å². The van der Waals surface area contributed by atoms with Gasteiger partial charge in [0.15, 0.2) is 0 Å². The van der Waals surface area contributed by atoms with Crippen molar-refractivity contribution in [2.45, 2.75) is 13.5 Å². The van der Waals surface area contributed by atoms with E-state index in [9.17, 15) is 4.79 Å². The molecule has 2 aromatic rings. The number of carbonyl (C=O) groups is 1. The number of nitrogen functional groups attached to an aromatic ring is 1. The van der Waals surface area contributed by atoms with Crippen LogP contribution < -0.4 is 10.5 Å². The van der Waals surface area contributed by atoms with Crippen molar-refractivity contribution < 1.29 is 14.3 Å². The smallest absolute Gasteiger partial charge is 0.342 e. The van der Waals surface area contributed by atoms with Gasteiger partial charge in [-0.1, -0.05) is 11.6 Å². The van der Waals surface area contributed by atoms with Gasteiger partial charge in [-0.2, -0.15) is 5.10 Å². The van der Waals surface area contributed by atoms with Crippen LogP contribution in [-0.4, -0.2) is 22.9 Å². The summed E-state index contributed by atoms with van der Waals surface area (Å²) in [5.74, 6) is -0.129. The van der Waals surface area contributed by atoms with Crippen LogP contribution in [0, 0.1) is 6.92 Å². The van der Waals surface area contributed by atoms with E-state index < -0.39 is 5.97 Å². The van der Waals surface area contributed by atoms with E-state index in [-0.39, 0.29) is 12.2 Å². The lowest BCUT2D eigenvalue weighted by atomic mass is 10.2. The predicted octanol–water partition coefficient (Wildman–Crippen LogP) is 2.33. The Morgan fingerprint density at radius 3 is 2.76 bits per heavy atom. The van der Waals surface area contributed by atoms with E-state index in [1.807, 2.05) is 0 Å². The average Bonchev–Trinajstić information content (AvgIpc) is 2.70. The molecule has 1 heterocycles. The molecule has 1 aromatic heterocycles. The molecule has 0 amide bonds. The zero-order valence-electron chi connectivity index (χ0n) is 12.0. The van der Waals surface area contributed by atoms with E-state index in [1.165, 1.54) is 13.2 Å². The Morgan fingerprint density at radius 1 is 1.48 bits per heavy atom. The van der Waals surface area contributed by atoms with Crippen LogP contribution in [0.1, 0.15) is 21.7 Å². The van der Waals surface area contributed by atoms with E-state index in [1.54, 1.807) is 30.8 Å². The maximum Gasteiger partial charge on any atom is 0.342 e. The quantitative estimate of drug-likeness (QED) is 0.692. The molecule has 2 rings (SSSR count). The first-order valence-corrected chi connectivity index (χ1v) is 6.60. The third-order valence-corrected chi connectivity index (χ3v) is 3.54. The number of benzene rings is 1. The second-order valence-corrected chi connectivity index (χ2v) is 4.88. The van der Waals surface area contributed by atoms with Gasteiger partial charge < -0.3 is 15.2 Å². The van der Waals surface area contributed by atoms with Gasteiger partial charge in [0.05, 0.1) is 23.5 Å². The normalized spacial score (nSPS) is 10.5. The second kappa shape index (κ2) is 6.05. The summed E-state index contributed by atoms with van der Waals surface area (Å²) in [5.41, 5.74) is 7.72. The van der Waals surface area contributed by atoms with Gasteiger partial charge in [0.1, 0.15) is 17.9 Å². The Bertz CT molecular complexity index is 682. The average molecular weight is 310 g/mol. The Labute approximate surface area is 127 Å². The highest BCUT2D eigenvalue weighted by molar-refractivity contribution is 6.31. The van der Waals surface area contributed by atoms with Gasteiger partial charge in [-0.05, 0) is 25.1 Å². The molecule has 0 saturated carbocycles. The van der Waals surface area contributed by atoms with E-state index in [4.69, 9.17) is 26.8 Å². The Balaban J connectivity index is 2.17. The molecule has 0 spiro atoms. The van der Waals surface area contributed by atoms with E-state index in [0.29, 0.717) is 27.8 Å². The molecule has 21 heavy (non-hydrogen) atoms. The number of rotatable bonds is 4. The van der Waals surface area contributed by atoms with E-state index >= 15 is 0 Å². The van der Waals surface area contributed by atoms with Gasteiger partial charge in [0.25, 0.3) is 0 Å². The van der Waals surface area contributed by atoms with Crippen LogP contribution in [0.25, 0.3) is 0 Å². The number of hydrogen-bond donors (Lipinski definition) is 1. The topological polar surface area (TPSA) is 79.4 Å². The zero-order valence-corrected chi connectivity index (χ0v) is 12.8. The molecule has 0 aliphatic carbocycles. The maximum absolute atomic E-state index is 12.1. The molecule has 0 aliphatic rings. The monoisotopic (exact) mass is 309 g/mol. The van der Waals surface area contributed by atoms with Crippen molar-refractivity contribution in [1.82, 2.24) is 9.78 Å². The fourth-order valence-corrected chi connectivity index (χ4v) is 2.15. The fourth-order valence-electron chi connectivity index (χ4n) is 1.93. The number of esters is 1. The van der Waals surface area contributed by atoms with Crippen molar-refractivity contribution in [3.8, 4) is 5.75 Å². The number of halogens is 1. The third-order valence-electron chi connectivity index (χ3n) is 3.05. The molecule has 0 aliphatic heterocycles. The van der Waals surface area contributed by atoms with Gasteiger partial charge in [-0.3, -0.25) is 4.68 Å². The van der Waals surface area contributed by atoms with E-state index in [0.717, 1.165) is 0 Å². The molecule has 6 nitrogen and oxygen atoms in total. The Kier molecular flexibility index (Phi) is 4.37. The molecule has 7 heteroatoms. The summed E-state index contributed by atoms with van der Waals surface area (Å²) in [6.07, 6.45) is 0. The minimum absolute atomic E-state index is 0.0208. The summed E-state index contributed by atoms with van der Waals surface area (Å²) in [7, 11) is 3.22. The number of nitrogens with two attached hydrogens (primary N) is 1. The highest BCUT2D eigenvalue weighted by atomic mass is 35.5. The molecular formula is C14H16ClN3O3. The van der Waals surface area contributed by atoms with Crippen molar-refractivity contribution in [3.05, 3.63) is 40.2 Å². The second-order valence-electron chi connectivity index (χ2n) is 4.51. The number of methoxy groups -OCH3 is 1. The van der Waals surface area contributed by atoms with Crippen LogP contribution in [0.15, 0.2) is 18.2 Å². The molecule has 0 saturated heterocycles. The number of carbonyl (C=O) groups excluding carboxylic acids is 1. The maximum atomic E-state index is 12.1. The highest BCUT2D eigenvalue weighted by Crippen LogP contribution is 2.24. The minimum Gasteiger partial charge on any atom is -0.496 e. The summed E-state index contributed by atoms with van der Waals surface area (Å²) in [6, 6.07) is 4.78. The standard InChI is InChI=1S/C14H16ClN3O3/c1-8-13(15)11(18(2)17-8)7-21-14(19)10-6-9(16)4-5-12(10)20-3/h4-6H,7,16H2,1-3H3. The van der Waals surface area contributed by atoms with Crippen molar-refractivity contribution in [2.75, 3.05) is 12.8 Å². The van der Waals surface area contributed by atoms with Crippen molar-refractivity contribution in [1.29, 1.82) is 0 Å². The Hall–Kier alpha value is -2.21. The lowest BCUT2D eigenvalue weighted by molar-refractivity contribution is 0.0460. The number of nitrogens with zero attached hydrogens (tertiary/aromatic N) is 2. The first-order valence-electron chi connectivity index (χ1n) is 6.22. The van der Waals surface area contributed by atoms with Crippen LogP contribution in [-0.2, 0) is 18.4 Å². The minimum atomic E-state index is -0.533. The van der Waals surface area contributed by atoms with E-state index in [2.05, 4.69) is 5.10 Å². The number of ether oxygens (including phenoxy) is 2. The lowest BCUT2D eigenvalue weighted by Gasteiger charge is -2.10. The summed E-state index contributed by atoms with van der Waals surface area (Å²) in [6.45, 7) is 1.81. The first-order chi connectivity index (χ1) is 9.93. The van der Waals surface area contributed by atoms with Crippen LogP contribution in [0.3, 0.4) is 0 Å². The third kappa shape index (κ3) is 3.11. The Morgan fingerprint density at radius 2 is 2.19 bits per heavy atom. The highest BCUT2D eigenvalue weighted by Gasteiger charge is 2.17. The lowest BCUT2D eigenvalue weighted by Crippen LogP contribution is -2.10. The van der Waals surface area contributed by atoms with Crippen molar-refractivity contribution in [3.63, 3.8) is 0 Å². The summed E-state index contributed by atoms with van der Waals surface area (Å²) in [5, 5.41) is 4.65.